The molecule has 1 aliphatic rings. The van der Waals surface area contributed by atoms with Crippen molar-refractivity contribution >= 4 is 33.5 Å². The van der Waals surface area contributed by atoms with Crippen LogP contribution in [0.2, 0.25) is 0 Å². The van der Waals surface area contributed by atoms with Gasteiger partial charge in [0.05, 0.1) is 24.2 Å². The number of amides is 1. The predicted molar refractivity (Wildman–Crippen MR) is 88.9 cm³/mol. The minimum Gasteiger partial charge on any atom is -0.461 e. The van der Waals surface area contributed by atoms with Crippen LogP contribution in [0.3, 0.4) is 0 Å². The van der Waals surface area contributed by atoms with Crippen LogP contribution in [0.4, 0.5) is 10.1 Å². The molecule has 0 radical (unpaired) electrons. The predicted octanol–water partition coefficient (Wildman–Crippen LogP) is 3.25. The smallest absolute Gasteiger partial charge is 0.361 e. The number of hydrogen-bond acceptors (Lipinski definition) is 4. The molecule has 1 saturated carbocycles. The fourth-order valence-corrected chi connectivity index (χ4v) is 2.52. The maximum Gasteiger partial charge on any atom is 0.361 e. The lowest BCUT2D eigenvalue weighted by Gasteiger charge is -2.06. The summed E-state index contributed by atoms with van der Waals surface area (Å²) in [6.45, 7) is 1.84. The Hall–Kier alpha value is -2.22. The zero-order chi connectivity index (χ0) is 17.3. The van der Waals surface area contributed by atoms with E-state index in [0.29, 0.717) is 5.69 Å². The molecule has 0 unspecified atom stereocenters. The van der Waals surface area contributed by atoms with Gasteiger partial charge in [-0.25, -0.2) is 13.9 Å². The Kier molecular flexibility index (Phi) is 4.40. The average Bonchev–Trinajstić information content (AvgIpc) is 3.16. The van der Waals surface area contributed by atoms with Gasteiger partial charge in [0.25, 0.3) is 5.91 Å². The van der Waals surface area contributed by atoms with Crippen LogP contribution in [0.15, 0.2) is 34.9 Å². The number of carbonyl (C=O) groups is 2. The molecule has 6 nitrogen and oxygen atoms in total. The van der Waals surface area contributed by atoms with Gasteiger partial charge in [-0.2, -0.15) is 5.10 Å². The molecular weight excluding hydrogens is 381 g/mol. The number of benzene rings is 1. The van der Waals surface area contributed by atoms with Gasteiger partial charge in [0.15, 0.2) is 11.4 Å². The lowest BCUT2D eigenvalue weighted by molar-refractivity contribution is -0.122. The standard InChI is InChI=1S/C16H15BrFN3O3/c1-2-24-14(22)13-12(19-15(23)16(18)6-7-16)9-21(20-13)11-5-3-4-10(17)8-11/h3-5,8-9H,2,6-7H2,1H3,(H,19,23). The van der Waals surface area contributed by atoms with E-state index in [1.165, 1.54) is 10.9 Å². The van der Waals surface area contributed by atoms with Crippen molar-refractivity contribution in [1.29, 1.82) is 0 Å². The second-order valence-electron chi connectivity index (χ2n) is 5.46. The van der Waals surface area contributed by atoms with Crippen molar-refractivity contribution in [2.45, 2.75) is 25.4 Å². The lowest BCUT2D eigenvalue weighted by Crippen LogP contribution is -2.26. The molecule has 1 aromatic heterocycles. The van der Waals surface area contributed by atoms with E-state index in [-0.39, 0.29) is 30.8 Å². The summed E-state index contributed by atoms with van der Waals surface area (Å²) in [5, 5.41) is 6.63. The minimum atomic E-state index is -1.84. The van der Waals surface area contributed by atoms with Crippen molar-refractivity contribution in [3.05, 3.63) is 40.6 Å². The summed E-state index contributed by atoms with van der Waals surface area (Å²) in [7, 11) is 0. The Labute approximate surface area is 146 Å². The number of nitrogens with zero attached hydrogens (tertiary/aromatic N) is 2. The highest BCUT2D eigenvalue weighted by Gasteiger charge is 2.51. The summed E-state index contributed by atoms with van der Waals surface area (Å²) < 4.78 is 21.1. The summed E-state index contributed by atoms with van der Waals surface area (Å²) in [6.07, 6.45) is 1.85. The molecular formula is C16H15BrFN3O3. The SMILES string of the molecule is CCOC(=O)c1nn(-c2cccc(Br)c2)cc1NC(=O)C1(F)CC1. The van der Waals surface area contributed by atoms with E-state index < -0.39 is 17.5 Å². The van der Waals surface area contributed by atoms with Gasteiger partial charge >= 0.3 is 5.97 Å². The Morgan fingerprint density at radius 2 is 2.21 bits per heavy atom. The number of ether oxygens (including phenoxy) is 1. The molecule has 0 aliphatic heterocycles. The van der Waals surface area contributed by atoms with Crippen LogP contribution in [0.1, 0.15) is 30.3 Å². The summed E-state index contributed by atoms with van der Waals surface area (Å²) in [4.78, 5) is 24.0. The van der Waals surface area contributed by atoms with E-state index in [1.54, 1.807) is 19.1 Å². The first-order valence-electron chi connectivity index (χ1n) is 7.46. The van der Waals surface area contributed by atoms with Crippen LogP contribution in [-0.4, -0.2) is 33.9 Å². The lowest BCUT2D eigenvalue weighted by atomic mass is 10.3. The summed E-state index contributed by atoms with van der Waals surface area (Å²) in [5.41, 5.74) is -1.10. The van der Waals surface area contributed by atoms with E-state index in [2.05, 4.69) is 26.3 Å². The minimum absolute atomic E-state index is 0.0607. The molecule has 0 saturated heterocycles. The zero-order valence-corrected chi connectivity index (χ0v) is 14.5. The van der Waals surface area contributed by atoms with E-state index >= 15 is 0 Å². The Morgan fingerprint density at radius 3 is 2.83 bits per heavy atom. The molecule has 1 aliphatic carbocycles. The third-order valence-corrected chi connectivity index (χ3v) is 4.09. The van der Waals surface area contributed by atoms with Gasteiger partial charge in [-0.3, -0.25) is 4.79 Å². The van der Waals surface area contributed by atoms with Crippen LogP contribution in [0, 0.1) is 0 Å². The van der Waals surface area contributed by atoms with Gasteiger partial charge in [-0.15, -0.1) is 0 Å². The van der Waals surface area contributed by atoms with Gasteiger partial charge in [-0.05, 0) is 38.0 Å². The highest BCUT2D eigenvalue weighted by atomic mass is 79.9. The van der Waals surface area contributed by atoms with Gasteiger partial charge in [0, 0.05) is 4.47 Å². The molecule has 3 rings (SSSR count). The molecule has 1 aromatic carbocycles. The molecule has 1 N–H and O–H groups in total. The molecule has 0 bridgehead atoms. The number of esters is 1. The van der Waals surface area contributed by atoms with Crippen molar-refractivity contribution in [2.24, 2.45) is 0 Å². The van der Waals surface area contributed by atoms with Crippen molar-refractivity contribution in [3.8, 4) is 5.69 Å². The number of nitrogens with one attached hydrogen (secondary N) is 1. The van der Waals surface area contributed by atoms with E-state index in [4.69, 9.17) is 4.74 Å². The Bertz CT molecular complexity index is 802. The maximum absolute atomic E-state index is 13.9. The molecule has 24 heavy (non-hydrogen) atoms. The summed E-state index contributed by atoms with van der Waals surface area (Å²) in [5.74, 6) is -1.44. The quantitative estimate of drug-likeness (QED) is 0.788. The summed E-state index contributed by atoms with van der Waals surface area (Å²) >= 11 is 3.36. The van der Waals surface area contributed by atoms with Crippen LogP contribution >= 0.6 is 15.9 Å². The molecule has 1 amide bonds. The Balaban J connectivity index is 1.95. The molecule has 126 valence electrons. The number of carbonyl (C=O) groups excluding carboxylic acids is 2. The maximum atomic E-state index is 13.9. The third kappa shape index (κ3) is 3.33. The number of rotatable bonds is 5. The topological polar surface area (TPSA) is 73.2 Å². The van der Waals surface area contributed by atoms with Crippen molar-refractivity contribution in [2.75, 3.05) is 11.9 Å². The molecule has 2 aromatic rings. The highest BCUT2D eigenvalue weighted by Crippen LogP contribution is 2.40. The number of hydrogen-bond donors (Lipinski definition) is 1. The fourth-order valence-electron chi connectivity index (χ4n) is 2.14. The van der Waals surface area contributed by atoms with Gasteiger partial charge in [-0.1, -0.05) is 22.0 Å². The second kappa shape index (κ2) is 6.35. The van der Waals surface area contributed by atoms with E-state index in [9.17, 15) is 14.0 Å². The second-order valence-corrected chi connectivity index (χ2v) is 6.37. The van der Waals surface area contributed by atoms with Crippen molar-refractivity contribution in [1.82, 2.24) is 9.78 Å². The van der Waals surface area contributed by atoms with Gasteiger partial charge in [0.1, 0.15) is 0 Å². The third-order valence-electron chi connectivity index (χ3n) is 3.60. The Morgan fingerprint density at radius 1 is 1.46 bits per heavy atom. The number of aromatic nitrogens is 2. The monoisotopic (exact) mass is 395 g/mol. The first-order chi connectivity index (χ1) is 11.4. The first-order valence-corrected chi connectivity index (χ1v) is 8.25. The van der Waals surface area contributed by atoms with Crippen LogP contribution < -0.4 is 5.32 Å². The van der Waals surface area contributed by atoms with Crippen molar-refractivity contribution in [3.63, 3.8) is 0 Å². The fraction of sp³-hybridized carbons (Fsp3) is 0.312. The number of alkyl halides is 1. The highest BCUT2D eigenvalue weighted by molar-refractivity contribution is 9.10. The zero-order valence-electron chi connectivity index (χ0n) is 12.9. The molecule has 8 heteroatoms. The molecule has 0 spiro atoms. The normalized spacial score (nSPS) is 15.0. The van der Waals surface area contributed by atoms with Crippen molar-refractivity contribution < 1.29 is 18.7 Å². The van der Waals surface area contributed by atoms with Crippen LogP contribution in [0.5, 0.6) is 0 Å². The van der Waals surface area contributed by atoms with Gasteiger partial charge < -0.3 is 10.1 Å². The largest absolute Gasteiger partial charge is 0.461 e. The molecule has 1 fully saturated rings. The van der Waals surface area contributed by atoms with E-state index in [1.807, 2.05) is 12.1 Å². The first kappa shape index (κ1) is 16.6. The summed E-state index contributed by atoms with van der Waals surface area (Å²) in [6, 6.07) is 7.24. The van der Waals surface area contributed by atoms with Gasteiger partial charge in [0.2, 0.25) is 0 Å². The number of anilines is 1. The average molecular weight is 396 g/mol. The number of halogens is 2. The molecule has 0 atom stereocenters. The molecule has 1 heterocycles. The van der Waals surface area contributed by atoms with E-state index in [0.717, 1.165) is 4.47 Å². The van der Waals surface area contributed by atoms with Crippen LogP contribution in [0.25, 0.3) is 5.69 Å². The van der Waals surface area contributed by atoms with Crippen LogP contribution in [-0.2, 0) is 9.53 Å².